The van der Waals surface area contributed by atoms with Crippen LogP contribution in [0.1, 0.15) is 46.5 Å². The summed E-state index contributed by atoms with van der Waals surface area (Å²) in [5.74, 6) is 1.52. The Labute approximate surface area is 150 Å². The Kier molecular flexibility index (Phi) is 5.76. The molecule has 0 saturated heterocycles. The molecular weight excluding hydrogens is 400 g/mol. The first kappa shape index (κ1) is 16.3. The molecule has 2 aromatic rings. The Hall–Kier alpha value is -0.600. The van der Waals surface area contributed by atoms with Crippen molar-refractivity contribution in [1.82, 2.24) is 0 Å². The number of hydrogen-bond donors (Lipinski definition) is 0. The van der Waals surface area contributed by atoms with Crippen LogP contribution in [0.25, 0.3) is 0 Å². The normalized spacial score (nSPS) is 24.6. The molecule has 2 atom stereocenters. The molecular formula is C20H22Br2. The molecule has 0 bridgehead atoms. The largest absolute Gasteiger partial charge is 0.0836 e. The van der Waals surface area contributed by atoms with Gasteiger partial charge in [0.25, 0.3) is 0 Å². The third kappa shape index (κ3) is 3.83. The first-order valence-electron chi connectivity index (χ1n) is 8.13. The van der Waals surface area contributed by atoms with Crippen molar-refractivity contribution in [2.24, 2.45) is 11.8 Å². The van der Waals surface area contributed by atoms with Crippen LogP contribution in [0.2, 0.25) is 0 Å². The summed E-state index contributed by atoms with van der Waals surface area (Å²) in [6.45, 7) is 0. The zero-order valence-corrected chi connectivity index (χ0v) is 15.8. The Balaban J connectivity index is 1.58. The van der Waals surface area contributed by atoms with Gasteiger partial charge in [0.05, 0.1) is 0 Å². The molecule has 0 amide bonds. The highest BCUT2D eigenvalue weighted by Crippen LogP contribution is 2.46. The van der Waals surface area contributed by atoms with Gasteiger partial charge < -0.3 is 0 Å². The molecule has 1 saturated carbocycles. The van der Waals surface area contributed by atoms with E-state index >= 15 is 0 Å². The second kappa shape index (κ2) is 7.79. The van der Waals surface area contributed by atoms with Crippen LogP contribution < -0.4 is 0 Å². The predicted molar refractivity (Wildman–Crippen MR) is 102 cm³/mol. The van der Waals surface area contributed by atoms with Gasteiger partial charge in [-0.25, -0.2) is 0 Å². The summed E-state index contributed by atoms with van der Waals surface area (Å²) < 4.78 is 0. The van der Waals surface area contributed by atoms with Gasteiger partial charge in [-0.05, 0) is 48.6 Å². The lowest BCUT2D eigenvalue weighted by molar-refractivity contribution is 0.270. The van der Waals surface area contributed by atoms with E-state index in [1.54, 1.807) is 0 Å². The third-order valence-electron chi connectivity index (χ3n) is 4.88. The van der Waals surface area contributed by atoms with E-state index in [2.05, 4.69) is 92.5 Å². The van der Waals surface area contributed by atoms with E-state index in [4.69, 9.17) is 0 Å². The van der Waals surface area contributed by atoms with Gasteiger partial charge in [0, 0.05) is 9.65 Å². The fraction of sp³-hybridized carbons (Fsp3) is 0.400. The summed E-state index contributed by atoms with van der Waals surface area (Å²) in [7, 11) is 0. The van der Waals surface area contributed by atoms with Crippen molar-refractivity contribution in [2.45, 2.75) is 35.3 Å². The molecule has 1 aliphatic carbocycles. The molecule has 22 heavy (non-hydrogen) atoms. The minimum atomic E-state index is 0.500. The van der Waals surface area contributed by atoms with Gasteiger partial charge in [-0.1, -0.05) is 92.5 Å². The van der Waals surface area contributed by atoms with E-state index in [0.29, 0.717) is 9.65 Å². The fourth-order valence-electron chi connectivity index (χ4n) is 3.55. The average Bonchev–Trinajstić information content (AvgIpc) is 2.62. The second-order valence-corrected chi connectivity index (χ2v) is 8.27. The van der Waals surface area contributed by atoms with E-state index in [1.165, 1.54) is 36.8 Å². The lowest BCUT2D eigenvalue weighted by Gasteiger charge is -2.34. The molecule has 0 aliphatic heterocycles. The Morgan fingerprint density at radius 1 is 0.591 bits per heavy atom. The zero-order valence-electron chi connectivity index (χ0n) is 12.7. The van der Waals surface area contributed by atoms with Crippen LogP contribution in [0.3, 0.4) is 0 Å². The highest BCUT2D eigenvalue weighted by atomic mass is 79.9. The topological polar surface area (TPSA) is 0 Å². The van der Waals surface area contributed by atoms with Gasteiger partial charge in [-0.3, -0.25) is 0 Å². The number of hydrogen-bond acceptors (Lipinski definition) is 0. The molecule has 3 rings (SSSR count). The third-order valence-corrected chi connectivity index (χ3v) is 7.43. The maximum absolute atomic E-state index is 3.94. The minimum Gasteiger partial charge on any atom is -0.0836 e. The van der Waals surface area contributed by atoms with Crippen molar-refractivity contribution >= 4 is 31.9 Å². The van der Waals surface area contributed by atoms with E-state index in [1.807, 2.05) is 0 Å². The summed E-state index contributed by atoms with van der Waals surface area (Å²) in [6, 6.07) is 21.7. The molecule has 116 valence electrons. The van der Waals surface area contributed by atoms with Gasteiger partial charge in [-0.15, -0.1) is 0 Å². The smallest absolute Gasteiger partial charge is 0.0423 e. The maximum atomic E-state index is 3.94. The van der Waals surface area contributed by atoms with E-state index in [9.17, 15) is 0 Å². The van der Waals surface area contributed by atoms with E-state index in [0.717, 1.165) is 11.8 Å². The molecule has 0 heterocycles. The summed E-state index contributed by atoms with van der Waals surface area (Å²) in [5.41, 5.74) is 2.84. The maximum Gasteiger partial charge on any atom is 0.0423 e. The van der Waals surface area contributed by atoms with Crippen LogP contribution in [0.5, 0.6) is 0 Å². The van der Waals surface area contributed by atoms with Crippen molar-refractivity contribution in [3.05, 3.63) is 71.8 Å². The Morgan fingerprint density at radius 3 is 1.23 bits per heavy atom. The van der Waals surface area contributed by atoms with Crippen LogP contribution >= 0.6 is 31.9 Å². The average molecular weight is 422 g/mol. The quantitative estimate of drug-likeness (QED) is 0.463. The summed E-state index contributed by atoms with van der Waals surface area (Å²) in [5, 5.41) is 0. The molecule has 2 heteroatoms. The summed E-state index contributed by atoms with van der Waals surface area (Å²) in [4.78, 5) is 1.00. The van der Waals surface area contributed by atoms with Crippen LogP contribution in [-0.2, 0) is 0 Å². The monoisotopic (exact) mass is 420 g/mol. The second-order valence-electron chi connectivity index (χ2n) is 6.30. The zero-order chi connectivity index (χ0) is 15.4. The van der Waals surface area contributed by atoms with Gasteiger partial charge in [0.2, 0.25) is 0 Å². The fourth-order valence-corrected chi connectivity index (χ4v) is 5.22. The summed E-state index contributed by atoms with van der Waals surface area (Å²) in [6.07, 6.45) is 5.24. The molecule has 1 aliphatic rings. The van der Waals surface area contributed by atoms with Crippen molar-refractivity contribution in [2.75, 3.05) is 0 Å². The molecule has 1 fully saturated rings. The molecule has 0 nitrogen and oxygen atoms in total. The van der Waals surface area contributed by atoms with Crippen LogP contribution in [-0.4, -0.2) is 0 Å². The number of rotatable bonds is 4. The molecule has 0 N–H and O–H groups in total. The molecule has 2 aromatic carbocycles. The lowest BCUT2D eigenvalue weighted by atomic mass is 9.77. The van der Waals surface area contributed by atoms with E-state index in [-0.39, 0.29) is 0 Å². The standard InChI is InChI=1S/C20H22Br2/c21-19(15-7-3-1-4-8-15)17-11-13-18(14-12-17)20(22)16-9-5-2-6-10-16/h1-10,17-20H,11-14H2. The van der Waals surface area contributed by atoms with Crippen LogP contribution in [0.15, 0.2) is 60.7 Å². The van der Waals surface area contributed by atoms with Crippen LogP contribution in [0.4, 0.5) is 0 Å². The van der Waals surface area contributed by atoms with Crippen molar-refractivity contribution in [3.63, 3.8) is 0 Å². The van der Waals surface area contributed by atoms with Crippen molar-refractivity contribution in [1.29, 1.82) is 0 Å². The minimum absolute atomic E-state index is 0.500. The highest BCUT2D eigenvalue weighted by Gasteiger charge is 2.30. The van der Waals surface area contributed by atoms with Crippen molar-refractivity contribution in [3.8, 4) is 0 Å². The lowest BCUT2D eigenvalue weighted by Crippen LogP contribution is -2.20. The van der Waals surface area contributed by atoms with Gasteiger partial charge >= 0.3 is 0 Å². The summed E-state index contributed by atoms with van der Waals surface area (Å²) >= 11 is 7.88. The van der Waals surface area contributed by atoms with Crippen molar-refractivity contribution < 1.29 is 0 Å². The highest BCUT2D eigenvalue weighted by molar-refractivity contribution is 9.09. The first-order valence-corrected chi connectivity index (χ1v) is 9.97. The SMILES string of the molecule is BrC(c1ccccc1)C1CCC(C(Br)c2ccccc2)CC1. The van der Waals surface area contributed by atoms with E-state index < -0.39 is 0 Å². The Bertz CT molecular complexity index is 505. The number of benzene rings is 2. The molecule has 0 spiro atoms. The number of halogens is 2. The number of alkyl halides is 2. The van der Waals surface area contributed by atoms with Gasteiger partial charge in [0.15, 0.2) is 0 Å². The Morgan fingerprint density at radius 2 is 0.909 bits per heavy atom. The van der Waals surface area contributed by atoms with Gasteiger partial charge in [0.1, 0.15) is 0 Å². The van der Waals surface area contributed by atoms with Crippen LogP contribution in [0, 0.1) is 11.8 Å². The molecule has 0 radical (unpaired) electrons. The van der Waals surface area contributed by atoms with Gasteiger partial charge in [-0.2, -0.15) is 0 Å². The molecule has 2 unspecified atom stereocenters. The predicted octanol–water partition coefficient (Wildman–Crippen LogP) is 7.07. The first-order chi connectivity index (χ1) is 10.8. The molecule has 0 aromatic heterocycles.